The summed E-state index contributed by atoms with van der Waals surface area (Å²) in [7, 11) is 1.64. The molecule has 1 amide bonds. The van der Waals surface area contributed by atoms with Crippen LogP contribution in [0.1, 0.15) is 47.9 Å². The number of amides is 1. The van der Waals surface area contributed by atoms with Gasteiger partial charge in [0.05, 0.1) is 13.7 Å². The molecule has 0 unspecified atom stereocenters. The van der Waals surface area contributed by atoms with Crippen molar-refractivity contribution in [2.24, 2.45) is 0 Å². The lowest BCUT2D eigenvalue weighted by Gasteiger charge is -2.10. The summed E-state index contributed by atoms with van der Waals surface area (Å²) in [6.07, 6.45) is 5.92. The van der Waals surface area contributed by atoms with Crippen molar-refractivity contribution in [2.45, 2.75) is 52.6 Å². The van der Waals surface area contributed by atoms with Crippen LogP contribution in [0.2, 0.25) is 0 Å². The molecule has 0 spiro atoms. The Kier molecular flexibility index (Phi) is 6.59. The Bertz CT molecular complexity index is 1230. The number of ether oxygens (including phenoxy) is 1. The molecule has 1 aromatic carbocycles. The van der Waals surface area contributed by atoms with Crippen molar-refractivity contribution in [1.82, 2.24) is 24.6 Å². The molecule has 0 radical (unpaired) electrons. The Morgan fingerprint density at radius 2 is 2.00 bits per heavy atom. The number of hydrogen-bond donors (Lipinski definition) is 1. The van der Waals surface area contributed by atoms with Gasteiger partial charge in [-0.1, -0.05) is 6.42 Å². The van der Waals surface area contributed by atoms with E-state index in [9.17, 15) is 10.1 Å². The van der Waals surface area contributed by atoms with Gasteiger partial charge in [0.15, 0.2) is 5.82 Å². The topological polar surface area (TPSA) is 97.8 Å². The minimum absolute atomic E-state index is 0.0561. The highest BCUT2D eigenvalue weighted by Gasteiger charge is 2.17. The number of fused-ring (bicyclic) bond motifs is 1. The summed E-state index contributed by atoms with van der Waals surface area (Å²) < 4.78 is 9.42. The van der Waals surface area contributed by atoms with Crippen LogP contribution in [0.3, 0.4) is 0 Å². The average Bonchev–Trinajstić information content (AvgIpc) is 3.23. The molecule has 0 bridgehead atoms. The summed E-state index contributed by atoms with van der Waals surface area (Å²) in [6, 6.07) is 11.8. The molecule has 0 saturated carbocycles. The molecule has 0 saturated heterocycles. The SMILES string of the molecule is COc1ccc(-n2c(C)cc(/C=C(\C#N)C(=O)NCc3nnc4n3CCCCC4)c2C)cc1. The predicted molar refractivity (Wildman–Crippen MR) is 125 cm³/mol. The molecule has 0 atom stereocenters. The molecule has 3 heterocycles. The van der Waals surface area contributed by atoms with Crippen LogP contribution in [0.4, 0.5) is 0 Å². The molecule has 4 rings (SSSR count). The van der Waals surface area contributed by atoms with Crippen molar-refractivity contribution < 1.29 is 9.53 Å². The fourth-order valence-corrected chi connectivity index (χ4v) is 4.30. The molecule has 0 aliphatic carbocycles. The third kappa shape index (κ3) is 4.67. The van der Waals surface area contributed by atoms with E-state index in [1.807, 2.05) is 50.2 Å². The molecule has 33 heavy (non-hydrogen) atoms. The molecule has 1 aliphatic rings. The molecule has 2 aromatic heterocycles. The second-order valence-electron chi connectivity index (χ2n) is 8.21. The van der Waals surface area contributed by atoms with E-state index in [2.05, 4.69) is 24.6 Å². The maximum Gasteiger partial charge on any atom is 0.262 e. The number of nitrogens with zero attached hydrogens (tertiary/aromatic N) is 5. The average molecular weight is 445 g/mol. The summed E-state index contributed by atoms with van der Waals surface area (Å²) in [5.41, 5.74) is 3.82. The Morgan fingerprint density at radius 1 is 1.21 bits per heavy atom. The number of carbonyl (C=O) groups excluding carboxylic acids is 1. The third-order valence-electron chi connectivity index (χ3n) is 6.06. The molecule has 1 aliphatic heterocycles. The van der Waals surface area contributed by atoms with Crippen LogP contribution in [0.25, 0.3) is 11.8 Å². The fraction of sp³-hybridized carbons (Fsp3) is 0.360. The van der Waals surface area contributed by atoms with Gasteiger partial charge in [0.25, 0.3) is 5.91 Å². The molecular weight excluding hydrogens is 416 g/mol. The van der Waals surface area contributed by atoms with E-state index in [1.165, 1.54) is 6.42 Å². The van der Waals surface area contributed by atoms with Crippen molar-refractivity contribution in [2.75, 3.05) is 7.11 Å². The molecule has 170 valence electrons. The smallest absolute Gasteiger partial charge is 0.262 e. The largest absolute Gasteiger partial charge is 0.497 e. The van der Waals surface area contributed by atoms with E-state index in [4.69, 9.17) is 4.74 Å². The predicted octanol–water partition coefficient (Wildman–Crippen LogP) is 3.64. The number of aryl methyl sites for hydroxylation is 2. The van der Waals surface area contributed by atoms with E-state index >= 15 is 0 Å². The molecule has 1 N–H and O–H groups in total. The van der Waals surface area contributed by atoms with Crippen LogP contribution in [-0.4, -0.2) is 32.3 Å². The van der Waals surface area contributed by atoms with Gasteiger partial charge in [-0.3, -0.25) is 4.79 Å². The quantitative estimate of drug-likeness (QED) is 0.462. The highest BCUT2D eigenvalue weighted by Crippen LogP contribution is 2.24. The van der Waals surface area contributed by atoms with E-state index in [-0.39, 0.29) is 12.1 Å². The van der Waals surface area contributed by atoms with Gasteiger partial charge in [-0.2, -0.15) is 5.26 Å². The highest BCUT2D eigenvalue weighted by atomic mass is 16.5. The summed E-state index contributed by atoms with van der Waals surface area (Å²) in [5, 5.41) is 21.0. The van der Waals surface area contributed by atoms with Crippen LogP contribution >= 0.6 is 0 Å². The van der Waals surface area contributed by atoms with Crippen LogP contribution in [-0.2, 0) is 24.3 Å². The van der Waals surface area contributed by atoms with Crippen LogP contribution in [0.5, 0.6) is 5.75 Å². The zero-order valence-electron chi connectivity index (χ0n) is 19.3. The van der Waals surface area contributed by atoms with Crippen molar-refractivity contribution >= 4 is 12.0 Å². The maximum atomic E-state index is 12.8. The zero-order chi connectivity index (χ0) is 23.4. The molecular formula is C25H28N6O2. The standard InChI is InChI=1S/C25H28N6O2/c1-17-13-19(18(2)31(17)21-8-10-22(33-3)11-9-21)14-20(15-26)25(32)27-16-24-29-28-23-7-5-4-6-12-30(23)24/h8-11,13-14H,4-7,12,16H2,1-3H3,(H,27,32)/b20-14+. The lowest BCUT2D eigenvalue weighted by molar-refractivity contribution is -0.117. The van der Waals surface area contributed by atoms with Crippen LogP contribution in [0, 0.1) is 25.2 Å². The van der Waals surface area contributed by atoms with Gasteiger partial charge < -0.3 is 19.2 Å². The minimum Gasteiger partial charge on any atom is -0.497 e. The third-order valence-corrected chi connectivity index (χ3v) is 6.06. The number of rotatable bonds is 6. The number of nitrogens with one attached hydrogen (secondary N) is 1. The summed E-state index contributed by atoms with van der Waals surface area (Å²) >= 11 is 0. The zero-order valence-corrected chi connectivity index (χ0v) is 19.3. The van der Waals surface area contributed by atoms with Crippen LogP contribution < -0.4 is 10.1 Å². The first-order valence-corrected chi connectivity index (χ1v) is 11.2. The molecule has 0 fully saturated rings. The fourth-order valence-electron chi connectivity index (χ4n) is 4.30. The molecule has 8 nitrogen and oxygen atoms in total. The lowest BCUT2D eigenvalue weighted by Crippen LogP contribution is -2.26. The number of methoxy groups -OCH3 is 1. The van der Waals surface area contributed by atoms with Gasteiger partial charge in [-0.15, -0.1) is 10.2 Å². The second-order valence-corrected chi connectivity index (χ2v) is 8.21. The van der Waals surface area contributed by atoms with Gasteiger partial charge in [-0.05, 0) is 68.7 Å². The monoisotopic (exact) mass is 444 g/mol. The number of aromatic nitrogens is 4. The van der Waals surface area contributed by atoms with Gasteiger partial charge in [0.1, 0.15) is 23.2 Å². The number of carbonyl (C=O) groups is 1. The summed E-state index contributed by atoms with van der Waals surface area (Å²) in [6.45, 7) is 5.08. The van der Waals surface area contributed by atoms with Crippen molar-refractivity contribution in [1.29, 1.82) is 5.26 Å². The van der Waals surface area contributed by atoms with Crippen molar-refractivity contribution in [3.63, 3.8) is 0 Å². The first kappa shape index (κ1) is 22.3. The van der Waals surface area contributed by atoms with E-state index in [0.29, 0.717) is 0 Å². The second kappa shape index (κ2) is 9.74. The number of nitriles is 1. The Labute approximate surface area is 193 Å². The van der Waals surface area contributed by atoms with E-state index < -0.39 is 5.91 Å². The molecule has 3 aromatic rings. The van der Waals surface area contributed by atoms with E-state index in [1.54, 1.807) is 13.2 Å². The normalized spacial score (nSPS) is 13.7. The maximum absolute atomic E-state index is 12.8. The van der Waals surface area contributed by atoms with Crippen LogP contribution in [0.15, 0.2) is 35.9 Å². The van der Waals surface area contributed by atoms with Gasteiger partial charge in [-0.25, -0.2) is 0 Å². The first-order chi connectivity index (χ1) is 16.0. The van der Waals surface area contributed by atoms with E-state index in [0.717, 1.165) is 65.8 Å². The van der Waals surface area contributed by atoms with Crippen molar-refractivity contribution in [3.8, 4) is 17.5 Å². The molecule has 8 heteroatoms. The summed E-state index contributed by atoms with van der Waals surface area (Å²) in [5.74, 6) is 2.07. The minimum atomic E-state index is -0.419. The number of benzene rings is 1. The highest BCUT2D eigenvalue weighted by molar-refractivity contribution is 6.01. The Balaban J connectivity index is 1.52. The Hall–Kier alpha value is -3.86. The van der Waals surface area contributed by atoms with Gasteiger partial charge in [0.2, 0.25) is 0 Å². The van der Waals surface area contributed by atoms with Gasteiger partial charge in [0, 0.05) is 30.0 Å². The number of hydrogen-bond acceptors (Lipinski definition) is 5. The Morgan fingerprint density at radius 3 is 2.73 bits per heavy atom. The first-order valence-electron chi connectivity index (χ1n) is 11.2. The van der Waals surface area contributed by atoms with Gasteiger partial charge >= 0.3 is 0 Å². The summed E-state index contributed by atoms with van der Waals surface area (Å²) in [4.78, 5) is 12.8. The lowest BCUT2D eigenvalue weighted by atomic mass is 10.1. The van der Waals surface area contributed by atoms with Crippen molar-refractivity contribution in [3.05, 3.63) is 64.5 Å².